The Morgan fingerprint density at radius 1 is 0.714 bits per heavy atom. The van der Waals surface area contributed by atoms with Crippen LogP contribution in [0.2, 0.25) is 0 Å². The van der Waals surface area contributed by atoms with Crippen molar-refractivity contribution >= 4 is 22.6 Å². The molecule has 6 rings (SSSR count). The molecule has 1 saturated heterocycles. The molecule has 5 aromatic rings. The molecule has 1 amide bonds. The van der Waals surface area contributed by atoms with Gasteiger partial charge in [-0.1, -0.05) is 121 Å². The maximum Gasteiger partial charge on any atom is 0.242 e. The van der Waals surface area contributed by atoms with Crippen LogP contribution in [0.3, 0.4) is 0 Å². The summed E-state index contributed by atoms with van der Waals surface area (Å²) in [6.07, 6.45) is 0.677. The lowest BCUT2D eigenvalue weighted by Gasteiger charge is -2.40. The lowest BCUT2D eigenvalue weighted by Crippen LogP contribution is -2.52. The number of nitrogens with zero attached hydrogens (tertiary/aromatic N) is 5. The smallest absolute Gasteiger partial charge is 0.242 e. The van der Waals surface area contributed by atoms with Gasteiger partial charge in [0, 0.05) is 50.7 Å². The first-order chi connectivity index (χ1) is 20.7. The molecule has 1 aromatic heterocycles. The van der Waals surface area contributed by atoms with E-state index in [2.05, 4.69) is 99.1 Å². The first kappa shape index (κ1) is 27.8. The highest BCUT2D eigenvalue weighted by Crippen LogP contribution is 2.29. The number of hydrogen-bond acceptors (Lipinski definition) is 6. The van der Waals surface area contributed by atoms with Crippen molar-refractivity contribution in [2.75, 3.05) is 37.6 Å². The average molecular weight is 574 g/mol. The number of amides is 1. The zero-order valence-corrected chi connectivity index (χ0v) is 24.4. The number of piperazine rings is 1. The van der Waals surface area contributed by atoms with Crippen molar-refractivity contribution in [2.45, 2.75) is 19.0 Å². The molecule has 4 aromatic carbocycles. The average Bonchev–Trinajstić information content (AvgIpc) is 3.52. The van der Waals surface area contributed by atoms with Gasteiger partial charge in [0.1, 0.15) is 5.82 Å². The molecule has 0 unspecified atom stereocenters. The van der Waals surface area contributed by atoms with Crippen molar-refractivity contribution in [3.8, 4) is 0 Å². The molecular formula is C35H35N5OS. The molecule has 0 N–H and O–H groups in total. The normalized spacial score (nSPS) is 13.8. The quantitative estimate of drug-likeness (QED) is 0.203. The largest absolute Gasteiger partial charge is 0.339 e. The van der Waals surface area contributed by atoms with Crippen molar-refractivity contribution in [2.24, 2.45) is 0 Å². The first-order valence-corrected chi connectivity index (χ1v) is 15.3. The van der Waals surface area contributed by atoms with E-state index in [-0.39, 0.29) is 18.5 Å². The molecular weight excluding hydrogens is 538 g/mol. The maximum absolute atomic E-state index is 13.7. The van der Waals surface area contributed by atoms with Crippen LogP contribution in [0.5, 0.6) is 0 Å². The van der Waals surface area contributed by atoms with E-state index >= 15 is 0 Å². The first-order valence-electron chi connectivity index (χ1n) is 14.5. The number of rotatable bonds is 10. The van der Waals surface area contributed by atoms with E-state index in [4.69, 9.17) is 4.98 Å². The fraction of sp³-hybridized carbons (Fsp3) is 0.229. The van der Waals surface area contributed by atoms with Gasteiger partial charge < -0.3 is 9.80 Å². The molecule has 0 atom stereocenters. The van der Waals surface area contributed by atoms with Crippen LogP contribution in [0.1, 0.15) is 34.1 Å². The van der Waals surface area contributed by atoms with Crippen LogP contribution in [0.15, 0.2) is 121 Å². The standard InChI is InChI=1S/C35H35N5OS/c41-33(38-21-23-39(24-22-38)34(30-17-9-3-10-18-30)31-19-11-4-12-20-31)27-40(26-29-15-7-2-8-16-29)35-36-32(37-42-35)25-28-13-5-1-6-14-28/h1-20,34H,21-27H2. The number of carbonyl (C=O) groups is 1. The Balaban J connectivity index is 1.14. The minimum absolute atomic E-state index is 0.126. The Bertz CT molecular complexity index is 1500. The molecule has 1 aliphatic heterocycles. The van der Waals surface area contributed by atoms with Crippen LogP contribution in [-0.4, -0.2) is 57.8 Å². The number of benzene rings is 4. The van der Waals surface area contributed by atoms with E-state index in [1.54, 1.807) is 0 Å². The summed E-state index contributed by atoms with van der Waals surface area (Å²) in [6.45, 7) is 3.91. The van der Waals surface area contributed by atoms with Gasteiger partial charge in [0.25, 0.3) is 0 Å². The van der Waals surface area contributed by atoms with Crippen LogP contribution < -0.4 is 4.90 Å². The SMILES string of the molecule is O=C(CN(Cc1ccccc1)c1nc(Cc2ccccc2)ns1)N1CCN(C(c2ccccc2)c2ccccc2)CC1. The van der Waals surface area contributed by atoms with Crippen molar-refractivity contribution in [3.05, 3.63) is 149 Å². The van der Waals surface area contributed by atoms with Gasteiger partial charge >= 0.3 is 0 Å². The summed E-state index contributed by atoms with van der Waals surface area (Å²) < 4.78 is 4.64. The van der Waals surface area contributed by atoms with Gasteiger partial charge in [-0.25, -0.2) is 4.98 Å². The fourth-order valence-corrected chi connectivity index (χ4v) is 6.28. The Labute approximate surface area is 252 Å². The van der Waals surface area contributed by atoms with E-state index in [1.807, 2.05) is 41.3 Å². The Hall–Kier alpha value is -4.33. The monoisotopic (exact) mass is 573 g/mol. The van der Waals surface area contributed by atoms with E-state index in [1.165, 1.54) is 28.2 Å². The second kappa shape index (κ2) is 13.6. The van der Waals surface area contributed by atoms with E-state index in [0.29, 0.717) is 26.1 Å². The second-order valence-corrected chi connectivity index (χ2v) is 11.4. The van der Waals surface area contributed by atoms with Crippen molar-refractivity contribution < 1.29 is 4.79 Å². The third-order valence-corrected chi connectivity index (χ3v) is 8.55. The summed E-state index contributed by atoms with van der Waals surface area (Å²) in [6, 6.07) is 42.0. The van der Waals surface area contributed by atoms with Crippen molar-refractivity contribution in [1.29, 1.82) is 0 Å². The van der Waals surface area contributed by atoms with Crippen molar-refractivity contribution in [1.82, 2.24) is 19.2 Å². The van der Waals surface area contributed by atoms with Crippen molar-refractivity contribution in [3.63, 3.8) is 0 Å². The van der Waals surface area contributed by atoms with Gasteiger partial charge in [0.05, 0.1) is 12.6 Å². The molecule has 0 saturated carbocycles. The summed E-state index contributed by atoms with van der Waals surface area (Å²) in [5, 5.41) is 0.782. The topological polar surface area (TPSA) is 52.6 Å². The summed E-state index contributed by atoms with van der Waals surface area (Å²) in [5.41, 5.74) is 4.87. The van der Waals surface area contributed by atoms with Gasteiger partial charge in [-0.15, -0.1) is 0 Å². The molecule has 42 heavy (non-hydrogen) atoms. The van der Waals surface area contributed by atoms with E-state index in [0.717, 1.165) is 29.6 Å². The van der Waals surface area contributed by atoms with Gasteiger partial charge in [0.2, 0.25) is 11.0 Å². The van der Waals surface area contributed by atoms with Crippen LogP contribution >= 0.6 is 11.5 Å². The molecule has 1 fully saturated rings. The minimum atomic E-state index is 0.126. The molecule has 0 spiro atoms. The lowest BCUT2D eigenvalue weighted by atomic mass is 9.96. The Morgan fingerprint density at radius 2 is 1.24 bits per heavy atom. The Kier molecular flexibility index (Phi) is 8.98. The summed E-state index contributed by atoms with van der Waals surface area (Å²) in [5.74, 6) is 0.912. The van der Waals surface area contributed by atoms with Crippen LogP contribution in [0.25, 0.3) is 0 Å². The van der Waals surface area contributed by atoms with Gasteiger partial charge in [-0.3, -0.25) is 9.69 Å². The number of anilines is 1. The van der Waals surface area contributed by atoms with Gasteiger partial charge in [-0.05, 0) is 22.3 Å². The Morgan fingerprint density at radius 3 is 1.81 bits per heavy atom. The van der Waals surface area contributed by atoms with Gasteiger partial charge in [0.15, 0.2) is 0 Å². The van der Waals surface area contributed by atoms with Crippen LogP contribution in [0, 0.1) is 0 Å². The van der Waals surface area contributed by atoms with Crippen LogP contribution in [0.4, 0.5) is 5.13 Å². The third-order valence-electron chi connectivity index (χ3n) is 7.74. The molecule has 212 valence electrons. The predicted octanol–water partition coefficient (Wildman–Crippen LogP) is 6.07. The molecule has 0 radical (unpaired) electrons. The highest BCUT2D eigenvalue weighted by atomic mass is 32.1. The molecule has 1 aliphatic rings. The highest BCUT2D eigenvalue weighted by Gasteiger charge is 2.29. The zero-order valence-electron chi connectivity index (χ0n) is 23.6. The maximum atomic E-state index is 13.7. The molecule has 0 aliphatic carbocycles. The molecule has 2 heterocycles. The summed E-state index contributed by atoms with van der Waals surface area (Å²) >= 11 is 1.37. The zero-order chi connectivity index (χ0) is 28.6. The molecule has 7 heteroatoms. The van der Waals surface area contributed by atoms with E-state index in [9.17, 15) is 4.79 Å². The third kappa shape index (κ3) is 6.93. The van der Waals surface area contributed by atoms with Gasteiger partial charge in [-0.2, -0.15) is 4.37 Å². The predicted molar refractivity (Wildman–Crippen MR) is 170 cm³/mol. The summed E-state index contributed by atoms with van der Waals surface area (Å²) in [7, 11) is 0. The van der Waals surface area contributed by atoms with E-state index < -0.39 is 0 Å². The number of carbonyl (C=O) groups excluding carboxylic acids is 1. The van der Waals surface area contributed by atoms with Crippen LogP contribution in [-0.2, 0) is 17.8 Å². The number of hydrogen-bond donors (Lipinski definition) is 0. The fourth-order valence-electron chi connectivity index (χ4n) is 5.60. The molecule has 6 nitrogen and oxygen atoms in total. The minimum Gasteiger partial charge on any atom is -0.339 e. The second-order valence-electron chi connectivity index (χ2n) is 10.6. The summed E-state index contributed by atoms with van der Waals surface area (Å²) in [4.78, 5) is 25.1. The number of aromatic nitrogens is 2. The lowest BCUT2D eigenvalue weighted by molar-refractivity contribution is -0.131. The molecule has 0 bridgehead atoms. The highest BCUT2D eigenvalue weighted by molar-refractivity contribution is 7.09.